The van der Waals surface area contributed by atoms with Crippen LogP contribution < -0.4 is 0 Å². The number of hydrogen-bond donors (Lipinski definition) is 0. The molecule has 2 nitrogen and oxygen atoms in total. The van der Waals surface area contributed by atoms with Gasteiger partial charge in [0, 0.05) is 5.92 Å². The van der Waals surface area contributed by atoms with Crippen LogP contribution in [0.5, 0.6) is 0 Å². The van der Waals surface area contributed by atoms with Gasteiger partial charge >= 0.3 is 5.97 Å². The molecule has 3 rings (SSSR count). The fraction of sp³-hybridized carbons (Fsp3) is 0.917. The molecule has 3 aliphatic rings. The maximum absolute atomic E-state index is 11.3. The zero-order valence-electron chi connectivity index (χ0n) is 8.58. The molecule has 1 aliphatic heterocycles. The molecular formula is C12H18O2. The van der Waals surface area contributed by atoms with Gasteiger partial charge in [-0.15, -0.1) is 0 Å². The average molecular weight is 194 g/mol. The van der Waals surface area contributed by atoms with Gasteiger partial charge in [0.1, 0.15) is 6.10 Å². The first-order chi connectivity index (χ1) is 6.84. The van der Waals surface area contributed by atoms with E-state index >= 15 is 0 Å². The maximum atomic E-state index is 11.3. The van der Waals surface area contributed by atoms with Gasteiger partial charge in [-0.3, -0.25) is 4.79 Å². The summed E-state index contributed by atoms with van der Waals surface area (Å²) in [6, 6.07) is 0. The molecule has 0 aromatic rings. The van der Waals surface area contributed by atoms with Crippen molar-refractivity contribution in [3.8, 4) is 0 Å². The molecule has 0 N–H and O–H groups in total. The number of rotatable bonds is 0. The third kappa shape index (κ3) is 1.27. The molecule has 3 fully saturated rings. The average Bonchev–Trinajstić information content (AvgIpc) is 2.59. The summed E-state index contributed by atoms with van der Waals surface area (Å²) in [5, 5.41) is 0. The first kappa shape index (κ1) is 8.75. The molecule has 0 aromatic carbocycles. The van der Waals surface area contributed by atoms with Crippen molar-refractivity contribution in [3.63, 3.8) is 0 Å². The molecule has 1 saturated heterocycles. The van der Waals surface area contributed by atoms with Crippen LogP contribution in [-0.4, -0.2) is 12.1 Å². The van der Waals surface area contributed by atoms with Crippen LogP contribution in [0, 0.1) is 17.8 Å². The molecule has 2 aliphatic carbocycles. The standard InChI is InChI=1S/C12H18O2/c13-12-7-10-9-4-2-1-3-8(9)5-6-11(10)14-12/h8-11H,1-7H2. The summed E-state index contributed by atoms with van der Waals surface area (Å²) < 4.78 is 5.38. The summed E-state index contributed by atoms with van der Waals surface area (Å²) in [4.78, 5) is 11.3. The van der Waals surface area contributed by atoms with Crippen molar-refractivity contribution in [2.75, 3.05) is 0 Å². The van der Waals surface area contributed by atoms with Crippen LogP contribution in [0.4, 0.5) is 0 Å². The van der Waals surface area contributed by atoms with E-state index in [2.05, 4.69) is 0 Å². The van der Waals surface area contributed by atoms with Crippen molar-refractivity contribution in [2.24, 2.45) is 17.8 Å². The normalized spacial score (nSPS) is 46.7. The molecule has 14 heavy (non-hydrogen) atoms. The predicted molar refractivity (Wildman–Crippen MR) is 52.7 cm³/mol. The largest absolute Gasteiger partial charge is 0.462 e. The second-order valence-electron chi connectivity index (χ2n) is 5.18. The van der Waals surface area contributed by atoms with Crippen molar-refractivity contribution >= 4 is 5.97 Å². The van der Waals surface area contributed by atoms with Crippen LogP contribution in [0.15, 0.2) is 0 Å². The Hall–Kier alpha value is -0.530. The monoisotopic (exact) mass is 194 g/mol. The van der Waals surface area contributed by atoms with Gasteiger partial charge in [-0.2, -0.15) is 0 Å². The van der Waals surface area contributed by atoms with Gasteiger partial charge in [0.25, 0.3) is 0 Å². The molecule has 78 valence electrons. The molecule has 1 heterocycles. The van der Waals surface area contributed by atoms with Crippen LogP contribution in [0.3, 0.4) is 0 Å². The Morgan fingerprint density at radius 3 is 2.79 bits per heavy atom. The molecule has 0 spiro atoms. The van der Waals surface area contributed by atoms with E-state index in [0.29, 0.717) is 18.4 Å². The highest BCUT2D eigenvalue weighted by molar-refractivity contribution is 5.72. The van der Waals surface area contributed by atoms with E-state index in [4.69, 9.17) is 4.74 Å². The third-order valence-corrected chi connectivity index (χ3v) is 4.50. The minimum atomic E-state index is 0.0613. The summed E-state index contributed by atoms with van der Waals surface area (Å²) in [6.45, 7) is 0. The van der Waals surface area contributed by atoms with Gasteiger partial charge in [-0.1, -0.05) is 19.3 Å². The lowest BCUT2D eigenvalue weighted by molar-refractivity contribution is -0.142. The van der Waals surface area contributed by atoms with E-state index in [-0.39, 0.29) is 5.97 Å². The van der Waals surface area contributed by atoms with Crippen LogP contribution in [-0.2, 0) is 9.53 Å². The smallest absolute Gasteiger partial charge is 0.306 e. The Balaban J connectivity index is 1.79. The second-order valence-corrected chi connectivity index (χ2v) is 5.18. The van der Waals surface area contributed by atoms with Crippen LogP contribution >= 0.6 is 0 Å². The minimum absolute atomic E-state index is 0.0613. The van der Waals surface area contributed by atoms with E-state index in [9.17, 15) is 4.79 Å². The van der Waals surface area contributed by atoms with Gasteiger partial charge in [0.2, 0.25) is 0 Å². The number of esters is 1. The van der Waals surface area contributed by atoms with Crippen molar-refractivity contribution < 1.29 is 9.53 Å². The van der Waals surface area contributed by atoms with Crippen LogP contribution in [0.1, 0.15) is 44.9 Å². The van der Waals surface area contributed by atoms with Gasteiger partial charge in [-0.05, 0) is 31.1 Å². The zero-order chi connectivity index (χ0) is 9.54. The number of ether oxygens (including phenoxy) is 1. The number of carbonyl (C=O) groups is 1. The Morgan fingerprint density at radius 1 is 1.00 bits per heavy atom. The molecule has 2 heteroatoms. The summed E-state index contributed by atoms with van der Waals surface area (Å²) in [7, 11) is 0. The predicted octanol–water partition coefficient (Wildman–Crippen LogP) is 2.52. The lowest BCUT2D eigenvalue weighted by Crippen LogP contribution is -2.37. The van der Waals surface area contributed by atoms with Gasteiger partial charge in [0.05, 0.1) is 6.42 Å². The lowest BCUT2D eigenvalue weighted by atomic mass is 9.64. The quantitative estimate of drug-likeness (QED) is 0.554. The first-order valence-corrected chi connectivity index (χ1v) is 6.04. The molecule has 2 saturated carbocycles. The van der Waals surface area contributed by atoms with Crippen molar-refractivity contribution in [2.45, 2.75) is 51.0 Å². The van der Waals surface area contributed by atoms with Gasteiger partial charge in [0.15, 0.2) is 0 Å². The van der Waals surface area contributed by atoms with E-state index in [1.807, 2.05) is 0 Å². The van der Waals surface area contributed by atoms with Gasteiger partial charge < -0.3 is 4.74 Å². The molecular weight excluding hydrogens is 176 g/mol. The van der Waals surface area contributed by atoms with E-state index in [0.717, 1.165) is 18.3 Å². The minimum Gasteiger partial charge on any atom is -0.462 e. The Morgan fingerprint density at radius 2 is 1.86 bits per heavy atom. The maximum Gasteiger partial charge on any atom is 0.306 e. The molecule has 0 bridgehead atoms. The first-order valence-electron chi connectivity index (χ1n) is 6.04. The summed E-state index contributed by atoms with van der Waals surface area (Å²) >= 11 is 0. The summed E-state index contributed by atoms with van der Waals surface area (Å²) in [5.41, 5.74) is 0. The lowest BCUT2D eigenvalue weighted by Gasteiger charge is -2.41. The van der Waals surface area contributed by atoms with Crippen LogP contribution in [0.25, 0.3) is 0 Å². The topological polar surface area (TPSA) is 26.3 Å². The van der Waals surface area contributed by atoms with E-state index in [1.165, 1.54) is 32.1 Å². The summed E-state index contributed by atoms with van der Waals surface area (Å²) in [6.07, 6.45) is 8.99. The SMILES string of the molecule is O=C1CC2C(CCC3CCCCC32)O1. The fourth-order valence-corrected chi connectivity index (χ4v) is 3.87. The highest BCUT2D eigenvalue weighted by Crippen LogP contribution is 2.48. The molecule has 0 radical (unpaired) electrons. The number of fused-ring (bicyclic) bond motifs is 3. The second kappa shape index (κ2) is 3.25. The highest BCUT2D eigenvalue weighted by Gasteiger charge is 2.46. The van der Waals surface area contributed by atoms with Crippen molar-refractivity contribution in [1.82, 2.24) is 0 Å². The highest BCUT2D eigenvalue weighted by atomic mass is 16.5. The Kier molecular flexibility index (Phi) is 2.03. The van der Waals surface area contributed by atoms with E-state index < -0.39 is 0 Å². The zero-order valence-corrected chi connectivity index (χ0v) is 8.58. The number of hydrogen-bond acceptors (Lipinski definition) is 2. The molecule has 4 unspecified atom stereocenters. The van der Waals surface area contributed by atoms with Crippen molar-refractivity contribution in [3.05, 3.63) is 0 Å². The van der Waals surface area contributed by atoms with Crippen molar-refractivity contribution in [1.29, 1.82) is 0 Å². The third-order valence-electron chi connectivity index (χ3n) is 4.50. The molecule has 0 amide bonds. The molecule has 4 atom stereocenters. The fourth-order valence-electron chi connectivity index (χ4n) is 3.87. The Labute approximate surface area is 85.0 Å². The summed E-state index contributed by atoms with van der Waals surface area (Å²) in [5.74, 6) is 2.38. The number of carbonyl (C=O) groups excluding carboxylic acids is 1. The van der Waals surface area contributed by atoms with E-state index in [1.54, 1.807) is 0 Å². The Bertz CT molecular complexity index is 249. The van der Waals surface area contributed by atoms with Gasteiger partial charge in [-0.25, -0.2) is 0 Å². The molecule has 0 aromatic heterocycles. The van der Waals surface area contributed by atoms with Crippen LogP contribution in [0.2, 0.25) is 0 Å².